The quantitative estimate of drug-likeness (QED) is 0.597. The number of carbonyl (C=O) groups is 1. The molecule has 0 aromatic heterocycles. The van der Waals surface area contributed by atoms with Crippen LogP contribution in [-0.4, -0.2) is 26.7 Å². The molecule has 0 heterocycles. The molecule has 0 aliphatic heterocycles. The summed E-state index contributed by atoms with van der Waals surface area (Å²) in [7, 11) is -3.55. The molecule has 1 N–H and O–H groups in total. The fraction of sp³-hybridized carbons (Fsp3) is 0.417. The standard InChI is InChI=1S/C12H17NO5S/c1-10(18-19(2,15)16)8-12(14)13-17-9-11-6-4-3-5-7-11/h3-7,10H,8-9H2,1-2H3,(H,13,14). The van der Waals surface area contributed by atoms with Gasteiger partial charge < -0.3 is 0 Å². The molecule has 0 saturated heterocycles. The third kappa shape index (κ3) is 7.55. The molecule has 1 unspecified atom stereocenters. The van der Waals surface area contributed by atoms with Gasteiger partial charge in [-0.1, -0.05) is 30.3 Å². The van der Waals surface area contributed by atoms with Crippen molar-refractivity contribution >= 4 is 16.0 Å². The van der Waals surface area contributed by atoms with E-state index < -0.39 is 22.1 Å². The minimum Gasteiger partial charge on any atom is -0.273 e. The number of rotatable bonds is 7. The number of carbonyl (C=O) groups excluding carboxylic acids is 1. The number of hydrogen-bond acceptors (Lipinski definition) is 5. The van der Waals surface area contributed by atoms with Crippen molar-refractivity contribution in [3.05, 3.63) is 35.9 Å². The molecule has 7 heteroatoms. The summed E-state index contributed by atoms with van der Waals surface area (Å²) >= 11 is 0. The third-order valence-corrected chi connectivity index (χ3v) is 2.76. The van der Waals surface area contributed by atoms with E-state index in [-0.39, 0.29) is 13.0 Å². The van der Waals surface area contributed by atoms with Crippen LogP contribution in [0.1, 0.15) is 18.9 Å². The van der Waals surface area contributed by atoms with Crippen LogP contribution in [0.25, 0.3) is 0 Å². The van der Waals surface area contributed by atoms with Gasteiger partial charge in [0.05, 0.1) is 25.4 Å². The number of hydrogen-bond donors (Lipinski definition) is 1. The largest absolute Gasteiger partial charge is 0.273 e. The van der Waals surface area contributed by atoms with E-state index in [0.29, 0.717) is 0 Å². The number of hydroxylamine groups is 1. The van der Waals surface area contributed by atoms with E-state index in [2.05, 4.69) is 9.66 Å². The van der Waals surface area contributed by atoms with E-state index >= 15 is 0 Å². The summed E-state index contributed by atoms with van der Waals surface area (Å²) < 4.78 is 26.3. The second kappa shape index (κ2) is 7.22. The molecule has 1 aromatic rings. The van der Waals surface area contributed by atoms with Crippen LogP contribution in [-0.2, 0) is 30.5 Å². The van der Waals surface area contributed by atoms with Gasteiger partial charge in [0.1, 0.15) is 0 Å². The Balaban J connectivity index is 2.25. The minimum absolute atomic E-state index is 0.0954. The summed E-state index contributed by atoms with van der Waals surface area (Å²) in [5, 5.41) is 0. The number of amides is 1. The summed E-state index contributed by atoms with van der Waals surface area (Å²) in [6.07, 6.45) is 0.116. The van der Waals surface area contributed by atoms with Crippen molar-refractivity contribution in [3.63, 3.8) is 0 Å². The maximum absolute atomic E-state index is 11.4. The van der Waals surface area contributed by atoms with Crippen molar-refractivity contribution in [1.29, 1.82) is 0 Å². The van der Waals surface area contributed by atoms with Gasteiger partial charge in [0.2, 0.25) is 5.91 Å². The predicted molar refractivity (Wildman–Crippen MR) is 69.4 cm³/mol. The highest BCUT2D eigenvalue weighted by molar-refractivity contribution is 7.86. The van der Waals surface area contributed by atoms with Crippen LogP contribution in [0, 0.1) is 0 Å². The summed E-state index contributed by atoms with van der Waals surface area (Å²) in [6.45, 7) is 1.74. The number of nitrogens with one attached hydrogen (secondary N) is 1. The molecular formula is C12H17NO5S. The summed E-state index contributed by atoms with van der Waals surface area (Å²) in [4.78, 5) is 16.4. The van der Waals surface area contributed by atoms with Gasteiger partial charge in [0.25, 0.3) is 10.1 Å². The van der Waals surface area contributed by atoms with E-state index in [1.165, 1.54) is 6.92 Å². The SMILES string of the molecule is CC(CC(=O)NOCc1ccccc1)OS(C)(=O)=O. The van der Waals surface area contributed by atoms with Crippen molar-refractivity contribution in [2.75, 3.05) is 6.26 Å². The van der Waals surface area contributed by atoms with Crippen LogP contribution < -0.4 is 5.48 Å². The van der Waals surface area contributed by atoms with Crippen molar-refractivity contribution in [2.45, 2.75) is 26.1 Å². The fourth-order valence-electron chi connectivity index (χ4n) is 1.41. The lowest BCUT2D eigenvalue weighted by Crippen LogP contribution is -2.28. The zero-order valence-corrected chi connectivity index (χ0v) is 11.6. The first-order chi connectivity index (χ1) is 8.87. The molecular weight excluding hydrogens is 270 g/mol. The molecule has 19 heavy (non-hydrogen) atoms. The highest BCUT2D eigenvalue weighted by atomic mass is 32.2. The Labute approximate surface area is 112 Å². The van der Waals surface area contributed by atoms with Crippen molar-refractivity contribution in [3.8, 4) is 0 Å². The van der Waals surface area contributed by atoms with Crippen LogP contribution in [0.3, 0.4) is 0 Å². The highest BCUT2D eigenvalue weighted by Crippen LogP contribution is 2.02. The van der Waals surface area contributed by atoms with E-state index in [9.17, 15) is 13.2 Å². The first-order valence-electron chi connectivity index (χ1n) is 5.69. The predicted octanol–water partition coefficient (Wildman–Crippen LogP) is 0.989. The van der Waals surface area contributed by atoms with Crippen LogP contribution in [0.4, 0.5) is 0 Å². The second-order valence-corrected chi connectivity index (χ2v) is 5.72. The Morgan fingerprint density at radius 1 is 1.32 bits per heavy atom. The third-order valence-electron chi connectivity index (χ3n) is 2.08. The molecule has 0 aliphatic rings. The molecule has 0 spiro atoms. The van der Waals surface area contributed by atoms with Gasteiger partial charge in [-0.05, 0) is 12.5 Å². The monoisotopic (exact) mass is 287 g/mol. The van der Waals surface area contributed by atoms with Gasteiger partial charge in [0, 0.05) is 0 Å². The van der Waals surface area contributed by atoms with Gasteiger partial charge in [-0.25, -0.2) is 5.48 Å². The zero-order valence-electron chi connectivity index (χ0n) is 10.8. The molecule has 0 aliphatic carbocycles. The Hall–Kier alpha value is -1.44. The van der Waals surface area contributed by atoms with Crippen LogP contribution >= 0.6 is 0 Å². The molecule has 1 amide bonds. The fourth-order valence-corrected chi connectivity index (χ4v) is 2.07. The normalized spacial score (nSPS) is 12.9. The topological polar surface area (TPSA) is 81.7 Å². The van der Waals surface area contributed by atoms with E-state index in [1.54, 1.807) is 0 Å². The lowest BCUT2D eigenvalue weighted by molar-refractivity contribution is -0.135. The maximum atomic E-state index is 11.4. The van der Waals surface area contributed by atoms with E-state index in [1.807, 2.05) is 30.3 Å². The molecule has 0 radical (unpaired) electrons. The highest BCUT2D eigenvalue weighted by Gasteiger charge is 2.14. The Morgan fingerprint density at radius 3 is 2.53 bits per heavy atom. The van der Waals surface area contributed by atoms with Crippen molar-refractivity contribution in [1.82, 2.24) is 5.48 Å². The molecule has 106 valence electrons. The molecule has 1 aromatic carbocycles. The molecule has 0 fully saturated rings. The van der Waals surface area contributed by atoms with E-state index in [0.717, 1.165) is 11.8 Å². The van der Waals surface area contributed by atoms with Gasteiger partial charge in [-0.2, -0.15) is 8.42 Å². The van der Waals surface area contributed by atoms with E-state index in [4.69, 9.17) is 4.84 Å². The Kier molecular flexibility index (Phi) is 5.94. The van der Waals surface area contributed by atoms with Gasteiger partial charge in [-0.3, -0.25) is 13.8 Å². The lowest BCUT2D eigenvalue weighted by Gasteiger charge is -2.11. The van der Waals surface area contributed by atoms with Crippen LogP contribution in [0.5, 0.6) is 0 Å². The lowest BCUT2D eigenvalue weighted by atomic mass is 10.2. The summed E-state index contributed by atoms with van der Waals surface area (Å²) in [6, 6.07) is 9.33. The zero-order chi connectivity index (χ0) is 14.3. The first-order valence-corrected chi connectivity index (χ1v) is 7.51. The Bertz CT molecular complexity index is 500. The van der Waals surface area contributed by atoms with Crippen LogP contribution in [0.2, 0.25) is 0 Å². The average Bonchev–Trinajstić information content (AvgIpc) is 2.27. The molecule has 1 atom stereocenters. The van der Waals surface area contributed by atoms with Crippen molar-refractivity contribution in [2.24, 2.45) is 0 Å². The molecule has 1 rings (SSSR count). The average molecular weight is 287 g/mol. The van der Waals surface area contributed by atoms with Gasteiger partial charge in [0.15, 0.2) is 0 Å². The summed E-state index contributed by atoms with van der Waals surface area (Å²) in [5.41, 5.74) is 3.15. The summed E-state index contributed by atoms with van der Waals surface area (Å²) in [5.74, 6) is -0.438. The van der Waals surface area contributed by atoms with Gasteiger partial charge >= 0.3 is 0 Å². The maximum Gasteiger partial charge on any atom is 0.264 e. The minimum atomic E-state index is -3.55. The first kappa shape index (κ1) is 15.6. The van der Waals surface area contributed by atoms with Gasteiger partial charge in [-0.15, -0.1) is 0 Å². The second-order valence-electron chi connectivity index (χ2n) is 4.11. The van der Waals surface area contributed by atoms with Crippen molar-refractivity contribution < 1.29 is 22.2 Å². The Morgan fingerprint density at radius 2 is 1.95 bits per heavy atom. The molecule has 0 bridgehead atoms. The smallest absolute Gasteiger partial charge is 0.264 e. The molecule has 0 saturated carbocycles. The van der Waals surface area contributed by atoms with Crippen LogP contribution in [0.15, 0.2) is 30.3 Å². The number of benzene rings is 1. The molecule has 6 nitrogen and oxygen atoms in total.